The Kier molecular flexibility index (Phi) is 8.75. The van der Waals surface area contributed by atoms with Gasteiger partial charge < -0.3 is 9.64 Å². The second-order valence-electron chi connectivity index (χ2n) is 9.54. The molecule has 2 fully saturated rings. The van der Waals surface area contributed by atoms with Crippen molar-refractivity contribution in [3.63, 3.8) is 0 Å². The van der Waals surface area contributed by atoms with Crippen LogP contribution in [-0.4, -0.2) is 60.7 Å². The number of carbonyl (C=O) groups excluding carboxylic acids is 1. The summed E-state index contributed by atoms with van der Waals surface area (Å²) >= 11 is 0. The minimum atomic E-state index is -4.05. The zero-order valence-corrected chi connectivity index (χ0v) is 21.4. The van der Waals surface area contributed by atoms with Crippen LogP contribution in [0, 0.1) is 6.92 Å². The van der Waals surface area contributed by atoms with Crippen molar-refractivity contribution in [2.24, 2.45) is 0 Å². The maximum absolute atomic E-state index is 13.8. The summed E-state index contributed by atoms with van der Waals surface area (Å²) in [6.07, 6.45) is 4.27. The number of hydrogen-bond acceptors (Lipinski definition) is 4. The van der Waals surface area contributed by atoms with Gasteiger partial charge in [0, 0.05) is 38.4 Å². The fraction of sp³-hybridized carbons (Fsp3) is 0.577. The number of halogens is 2. The van der Waals surface area contributed by atoms with Crippen molar-refractivity contribution >= 4 is 15.9 Å². The van der Waals surface area contributed by atoms with Gasteiger partial charge in [-0.1, -0.05) is 18.2 Å². The van der Waals surface area contributed by atoms with Gasteiger partial charge in [-0.15, -0.1) is 13.2 Å². The van der Waals surface area contributed by atoms with Crippen molar-refractivity contribution in [2.45, 2.75) is 87.8 Å². The summed E-state index contributed by atoms with van der Waals surface area (Å²) in [5.74, 6) is -2.82. The molecule has 0 radical (unpaired) electrons. The van der Waals surface area contributed by atoms with E-state index in [-0.39, 0.29) is 67.5 Å². The lowest BCUT2D eigenvalue weighted by molar-refractivity contribution is -0.139. The van der Waals surface area contributed by atoms with Crippen LogP contribution in [0.4, 0.5) is 8.78 Å². The van der Waals surface area contributed by atoms with E-state index in [1.54, 1.807) is 29.2 Å². The molecule has 9 heteroatoms. The molecule has 1 heterocycles. The van der Waals surface area contributed by atoms with Gasteiger partial charge in [0.2, 0.25) is 21.9 Å². The van der Waals surface area contributed by atoms with Gasteiger partial charge >= 0.3 is 0 Å². The Morgan fingerprint density at radius 3 is 2.57 bits per heavy atom. The quantitative estimate of drug-likeness (QED) is 0.412. The highest BCUT2D eigenvalue weighted by atomic mass is 32.2. The number of nitrogens with zero attached hydrogens (tertiary/aromatic N) is 2. The summed E-state index contributed by atoms with van der Waals surface area (Å²) in [6, 6.07) is 3.67. The Morgan fingerprint density at radius 1 is 1.26 bits per heavy atom. The molecule has 0 N–H and O–H groups in total. The van der Waals surface area contributed by atoms with Crippen LogP contribution < -0.4 is 4.74 Å². The molecule has 2 aliphatic rings. The maximum Gasteiger partial charge on any atom is 0.248 e. The Balaban J connectivity index is 1.88. The molecule has 0 unspecified atom stereocenters. The normalized spacial score (nSPS) is 21.9. The van der Waals surface area contributed by atoms with E-state index in [0.29, 0.717) is 19.3 Å². The summed E-state index contributed by atoms with van der Waals surface area (Å²) in [5, 5.41) is 0. The Bertz CT molecular complexity index is 1030. The van der Waals surface area contributed by atoms with Gasteiger partial charge in [0.25, 0.3) is 0 Å². The number of sulfonamides is 1. The first kappa shape index (κ1) is 27.3. The van der Waals surface area contributed by atoms with E-state index in [9.17, 15) is 22.0 Å². The van der Waals surface area contributed by atoms with Crippen LogP contribution in [0.5, 0.6) is 5.75 Å². The fourth-order valence-corrected chi connectivity index (χ4v) is 6.66. The molecule has 0 spiro atoms. The molecule has 3 rings (SSSR count). The van der Waals surface area contributed by atoms with Crippen LogP contribution in [0.15, 0.2) is 48.4 Å². The smallest absolute Gasteiger partial charge is 0.248 e. The highest BCUT2D eigenvalue weighted by Gasteiger charge is 2.45. The average Bonchev–Trinajstić information content (AvgIpc) is 3.28. The lowest BCUT2D eigenvalue weighted by atomic mass is 9.90. The molecule has 1 aliphatic carbocycles. The van der Waals surface area contributed by atoms with Crippen molar-refractivity contribution in [1.29, 1.82) is 0 Å². The Labute approximate surface area is 207 Å². The van der Waals surface area contributed by atoms with Crippen LogP contribution in [0.3, 0.4) is 0 Å². The highest BCUT2D eigenvalue weighted by molar-refractivity contribution is 7.89. The van der Waals surface area contributed by atoms with Gasteiger partial charge in [-0.2, -0.15) is 4.31 Å². The van der Waals surface area contributed by atoms with E-state index >= 15 is 0 Å². The van der Waals surface area contributed by atoms with Crippen molar-refractivity contribution in [3.05, 3.63) is 49.1 Å². The number of rotatable bonds is 10. The molecule has 1 aromatic carbocycles. The number of aryl methyl sites for hydroxylation is 1. The standard InChI is InChI=1S/C26H36F2N2O4S/c1-5-8-20(4)34-23-18-19(3)10-11-24(23)35(32,33)30-17-7-9-22(30)25(31)29(16-6-2)21-12-14-26(27,28)15-13-21/h5-6,10-11,18,20-22H,1-2,7-9,12-17H2,3-4H3/t20-,22-/m0/s1. The SMILES string of the molecule is C=CC[C@H](C)Oc1cc(C)ccc1S(=O)(=O)N1CCC[C@H]1C(=O)N(CC=C)C1CCC(F)(F)CC1. The van der Waals surface area contributed by atoms with Crippen LogP contribution in [-0.2, 0) is 14.8 Å². The third-order valence-corrected chi connectivity index (χ3v) is 8.69. The molecule has 1 saturated heterocycles. The first-order chi connectivity index (χ1) is 16.5. The third-order valence-electron chi connectivity index (χ3n) is 6.74. The number of amides is 1. The molecular formula is C26H36F2N2O4S. The van der Waals surface area contributed by atoms with E-state index in [0.717, 1.165) is 5.56 Å². The van der Waals surface area contributed by atoms with Crippen molar-refractivity contribution in [2.75, 3.05) is 13.1 Å². The summed E-state index contributed by atoms with van der Waals surface area (Å²) in [5.41, 5.74) is 0.852. The van der Waals surface area contributed by atoms with Crippen molar-refractivity contribution < 1.29 is 26.7 Å². The first-order valence-corrected chi connectivity index (χ1v) is 13.6. The van der Waals surface area contributed by atoms with Gasteiger partial charge in [-0.3, -0.25) is 4.79 Å². The average molecular weight is 511 g/mol. The molecule has 6 nitrogen and oxygen atoms in total. The van der Waals surface area contributed by atoms with Crippen LogP contribution >= 0.6 is 0 Å². The molecule has 0 bridgehead atoms. The topological polar surface area (TPSA) is 66.9 Å². The van der Waals surface area contributed by atoms with Crippen LogP contribution in [0.1, 0.15) is 57.4 Å². The van der Waals surface area contributed by atoms with E-state index < -0.39 is 22.0 Å². The third kappa shape index (κ3) is 6.30. The molecule has 1 aliphatic heterocycles. The first-order valence-electron chi connectivity index (χ1n) is 12.2. The van der Waals surface area contributed by atoms with Gasteiger partial charge in [-0.25, -0.2) is 17.2 Å². The van der Waals surface area contributed by atoms with Gasteiger partial charge in [0.05, 0.1) is 6.10 Å². The molecule has 1 saturated carbocycles. The van der Waals surface area contributed by atoms with E-state index in [2.05, 4.69) is 13.2 Å². The van der Waals surface area contributed by atoms with Crippen LogP contribution in [0.25, 0.3) is 0 Å². The zero-order valence-electron chi connectivity index (χ0n) is 20.6. The second-order valence-corrected chi connectivity index (χ2v) is 11.4. The summed E-state index contributed by atoms with van der Waals surface area (Å²) in [7, 11) is -4.05. The predicted molar refractivity (Wildman–Crippen MR) is 132 cm³/mol. The van der Waals surface area contributed by atoms with Gasteiger partial charge in [0.1, 0.15) is 16.7 Å². The van der Waals surface area contributed by atoms with E-state index in [1.807, 2.05) is 13.8 Å². The van der Waals surface area contributed by atoms with Crippen molar-refractivity contribution in [1.82, 2.24) is 9.21 Å². The summed E-state index contributed by atoms with van der Waals surface area (Å²) in [6.45, 7) is 11.5. The number of alkyl halides is 2. The van der Waals surface area contributed by atoms with Gasteiger partial charge in [0.15, 0.2) is 0 Å². The van der Waals surface area contributed by atoms with Crippen molar-refractivity contribution in [3.8, 4) is 5.75 Å². The highest BCUT2D eigenvalue weighted by Crippen LogP contribution is 2.37. The number of ether oxygens (including phenoxy) is 1. The zero-order chi connectivity index (χ0) is 25.8. The fourth-order valence-electron chi connectivity index (χ4n) is 4.91. The van der Waals surface area contributed by atoms with Crippen LogP contribution in [0.2, 0.25) is 0 Å². The van der Waals surface area contributed by atoms with E-state index in [4.69, 9.17) is 4.74 Å². The summed E-state index contributed by atoms with van der Waals surface area (Å²) in [4.78, 5) is 15.2. The number of carbonyl (C=O) groups is 1. The Hall–Kier alpha value is -2.26. The number of hydrogen-bond donors (Lipinski definition) is 0. The lowest BCUT2D eigenvalue weighted by Gasteiger charge is -2.38. The Morgan fingerprint density at radius 2 is 1.94 bits per heavy atom. The van der Waals surface area contributed by atoms with E-state index in [1.165, 1.54) is 10.4 Å². The molecule has 0 aromatic heterocycles. The predicted octanol–water partition coefficient (Wildman–Crippen LogP) is 5.08. The maximum atomic E-state index is 13.8. The minimum absolute atomic E-state index is 0.0197. The molecule has 1 aromatic rings. The molecule has 194 valence electrons. The molecule has 35 heavy (non-hydrogen) atoms. The molecular weight excluding hydrogens is 474 g/mol. The summed E-state index contributed by atoms with van der Waals surface area (Å²) < 4.78 is 62.2. The molecule has 1 amide bonds. The monoisotopic (exact) mass is 510 g/mol. The largest absolute Gasteiger partial charge is 0.489 e. The number of benzene rings is 1. The lowest BCUT2D eigenvalue weighted by Crippen LogP contribution is -2.52. The molecule has 2 atom stereocenters. The minimum Gasteiger partial charge on any atom is -0.489 e. The second kappa shape index (κ2) is 11.2. The van der Waals surface area contributed by atoms with Gasteiger partial charge in [-0.05, 0) is 57.2 Å².